The zero-order valence-corrected chi connectivity index (χ0v) is 8.05. The minimum Gasteiger partial charge on any atom is -0.507 e. The first kappa shape index (κ1) is 10.8. The number of H-pyrrole nitrogens is 1. The summed E-state index contributed by atoms with van der Waals surface area (Å²) in [7, 11) is 0. The molecule has 0 aliphatic carbocycles. The van der Waals surface area contributed by atoms with Crippen molar-refractivity contribution in [3.05, 3.63) is 30.0 Å². The molecule has 0 unspecified atom stereocenters. The zero-order chi connectivity index (χ0) is 11.9. The number of rotatable bonds is 1. The molecule has 86 valence electrons. The van der Waals surface area contributed by atoms with Crippen LogP contribution in [0.2, 0.25) is 0 Å². The number of nitrogens with two attached hydrogens (primary N) is 1. The highest BCUT2D eigenvalue weighted by molar-refractivity contribution is 5.87. The quantitative estimate of drug-likeness (QED) is 0.704. The molecule has 0 bridgehead atoms. The summed E-state index contributed by atoms with van der Waals surface area (Å²) in [6.45, 7) is 0. The predicted molar refractivity (Wildman–Crippen MR) is 52.9 cm³/mol. The Kier molecular flexibility index (Phi) is 2.31. The lowest BCUT2D eigenvalue weighted by Gasteiger charge is -2.17. The van der Waals surface area contributed by atoms with Crippen molar-refractivity contribution < 1.29 is 18.3 Å². The van der Waals surface area contributed by atoms with E-state index in [2.05, 4.69) is 4.98 Å². The van der Waals surface area contributed by atoms with Gasteiger partial charge in [-0.3, -0.25) is 0 Å². The van der Waals surface area contributed by atoms with Crippen LogP contribution in [0.1, 0.15) is 11.6 Å². The van der Waals surface area contributed by atoms with Gasteiger partial charge in [0.25, 0.3) is 0 Å². The molecule has 0 radical (unpaired) electrons. The number of alkyl halides is 3. The van der Waals surface area contributed by atoms with Crippen molar-refractivity contribution >= 4 is 10.9 Å². The third kappa shape index (κ3) is 1.61. The van der Waals surface area contributed by atoms with Crippen LogP contribution in [0.4, 0.5) is 13.2 Å². The molecule has 0 spiro atoms. The van der Waals surface area contributed by atoms with E-state index in [9.17, 15) is 18.3 Å². The fraction of sp³-hybridized carbons (Fsp3) is 0.200. The van der Waals surface area contributed by atoms with Gasteiger partial charge in [-0.15, -0.1) is 0 Å². The van der Waals surface area contributed by atoms with Gasteiger partial charge in [-0.1, -0.05) is 6.07 Å². The van der Waals surface area contributed by atoms with E-state index in [1.54, 1.807) is 0 Å². The molecule has 0 aliphatic heterocycles. The first-order valence-electron chi connectivity index (χ1n) is 4.52. The molecule has 4 N–H and O–H groups in total. The first-order chi connectivity index (χ1) is 7.41. The average molecular weight is 230 g/mol. The Morgan fingerprint density at radius 2 is 1.94 bits per heavy atom. The summed E-state index contributed by atoms with van der Waals surface area (Å²) in [6, 6.07) is 1.95. The molecular weight excluding hydrogens is 221 g/mol. The van der Waals surface area contributed by atoms with Gasteiger partial charge >= 0.3 is 6.18 Å². The van der Waals surface area contributed by atoms with Gasteiger partial charge in [0.2, 0.25) is 0 Å². The van der Waals surface area contributed by atoms with Crippen LogP contribution in [-0.2, 0) is 0 Å². The number of benzene rings is 1. The summed E-state index contributed by atoms with van der Waals surface area (Å²) < 4.78 is 37.2. The van der Waals surface area contributed by atoms with Gasteiger partial charge in [-0.2, -0.15) is 13.2 Å². The molecule has 2 aromatic rings. The largest absolute Gasteiger partial charge is 0.507 e. The summed E-state index contributed by atoms with van der Waals surface area (Å²) in [5.41, 5.74) is 5.28. The highest BCUT2D eigenvalue weighted by Gasteiger charge is 2.39. The highest BCUT2D eigenvalue weighted by atomic mass is 19.4. The van der Waals surface area contributed by atoms with Crippen LogP contribution >= 0.6 is 0 Å². The number of phenolic OH excluding ortho intramolecular Hbond substituents is 1. The number of aromatic nitrogens is 1. The summed E-state index contributed by atoms with van der Waals surface area (Å²) in [4.78, 5) is 2.78. The molecule has 6 heteroatoms. The smallest absolute Gasteiger partial charge is 0.407 e. The highest BCUT2D eigenvalue weighted by Crippen LogP contribution is 2.38. The number of phenols is 1. The van der Waals surface area contributed by atoms with Gasteiger partial charge in [0, 0.05) is 22.7 Å². The fourth-order valence-electron chi connectivity index (χ4n) is 1.56. The monoisotopic (exact) mass is 230 g/mol. The van der Waals surface area contributed by atoms with Gasteiger partial charge in [0.05, 0.1) is 0 Å². The summed E-state index contributed by atoms with van der Waals surface area (Å²) in [6.07, 6.45) is -3.03. The Morgan fingerprint density at radius 1 is 1.25 bits per heavy atom. The second-order valence-electron chi connectivity index (χ2n) is 3.46. The van der Waals surface area contributed by atoms with E-state index >= 15 is 0 Å². The van der Waals surface area contributed by atoms with E-state index in [0.29, 0.717) is 10.9 Å². The lowest BCUT2D eigenvalue weighted by molar-refractivity contribution is -0.149. The normalized spacial score (nSPS) is 14.2. The lowest BCUT2D eigenvalue weighted by Crippen LogP contribution is -2.28. The Bertz CT molecular complexity index is 518. The fourth-order valence-corrected chi connectivity index (χ4v) is 1.56. The van der Waals surface area contributed by atoms with Crippen molar-refractivity contribution in [2.24, 2.45) is 5.73 Å². The Balaban J connectivity index is 2.57. The number of halogens is 3. The van der Waals surface area contributed by atoms with Gasteiger partial charge in [0.1, 0.15) is 11.8 Å². The number of nitrogens with one attached hydrogen (secondary N) is 1. The molecule has 0 saturated heterocycles. The van der Waals surface area contributed by atoms with E-state index in [0.717, 1.165) is 0 Å². The molecule has 1 atom stereocenters. The van der Waals surface area contributed by atoms with Crippen molar-refractivity contribution in [2.75, 3.05) is 0 Å². The number of hydrogen-bond acceptors (Lipinski definition) is 2. The summed E-state index contributed by atoms with van der Waals surface area (Å²) in [5, 5.41) is 10.0. The predicted octanol–water partition coefficient (Wildman–Crippen LogP) is 2.44. The second kappa shape index (κ2) is 3.41. The Labute approximate surface area is 88.7 Å². The van der Waals surface area contributed by atoms with Crippen molar-refractivity contribution in [3.63, 3.8) is 0 Å². The van der Waals surface area contributed by atoms with Crippen LogP contribution in [0.15, 0.2) is 24.4 Å². The van der Waals surface area contributed by atoms with E-state index in [4.69, 9.17) is 5.73 Å². The average Bonchev–Trinajstić information content (AvgIpc) is 2.64. The van der Waals surface area contributed by atoms with Gasteiger partial charge in [0.15, 0.2) is 0 Å². The van der Waals surface area contributed by atoms with Crippen LogP contribution in [0.5, 0.6) is 5.75 Å². The van der Waals surface area contributed by atoms with Gasteiger partial charge in [-0.25, -0.2) is 0 Å². The molecule has 0 fully saturated rings. The molecule has 0 aliphatic rings. The van der Waals surface area contributed by atoms with Crippen molar-refractivity contribution in [1.82, 2.24) is 4.98 Å². The van der Waals surface area contributed by atoms with Crippen molar-refractivity contribution in [1.29, 1.82) is 0 Å². The van der Waals surface area contributed by atoms with Crippen molar-refractivity contribution in [3.8, 4) is 5.75 Å². The number of aromatic amines is 1. The first-order valence-corrected chi connectivity index (χ1v) is 4.52. The Morgan fingerprint density at radius 3 is 2.56 bits per heavy atom. The molecule has 1 aromatic carbocycles. The van der Waals surface area contributed by atoms with Crippen LogP contribution in [0.3, 0.4) is 0 Å². The third-order valence-corrected chi connectivity index (χ3v) is 2.42. The molecule has 0 amide bonds. The van der Waals surface area contributed by atoms with Crippen LogP contribution in [-0.4, -0.2) is 16.3 Å². The molecular formula is C10H9F3N2O. The summed E-state index contributed by atoms with van der Waals surface area (Å²) in [5.74, 6) is -0.427. The molecule has 0 saturated carbocycles. The molecule has 2 rings (SSSR count). The number of hydrogen-bond donors (Lipinski definition) is 3. The van der Waals surface area contributed by atoms with Gasteiger partial charge < -0.3 is 15.8 Å². The topological polar surface area (TPSA) is 62.0 Å². The number of aromatic hydroxyl groups is 1. The summed E-state index contributed by atoms with van der Waals surface area (Å²) >= 11 is 0. The van der Waals surface area contributed by atoms with Crippen LogP contribution < -0.4 is 5.73 Å². The third-order valence-electron chi connectivity index (χ3n) is 2.42. The molecule has 1 aromatic heterocycles. The van der Waals surface area contributed by atoms with E-state index in [-0.39, 0.29) is 5.56 Å². The molecule has 16 heavy (non-hydrogen) atoms. The van der Waals surface area contributed by atoms with Gasteiger partial charge in [-0.05, 0) is 12.1 Å². The molecule has 1 heterocycles. The molecule has 3 nitrogen and oxygen atoms in total. The van der Waals surface area contributed by atoms with Crippen LogP contribution in [0, 0.1) is 0 Å². The van der Waals surface area contributed by atoms with Crippen LogP contribution in [0.25, 0.3) is 10.9 Å². The lowest BCUT2D eigenvalue weighted by atomic mass is 10.0. The SMILES string of the molecule is N[C@@H](c1ccc2[nH]ccc2c1O)C(F)(F)F. The standard InChI is InChI=1S/C10H9F3N2O/c11-10(12,13)9(14)6-1-2-7-5(8(6)16)3-4-15-7/h1-4,9,15-16H,14H2/t9-/m0/s1. The maximum Gasteiger partial charge on any atom is 0.407 e. The zero-order valence-electron chi connectivity index (χ0n) is 8.05. The Hall–Kier alpha value is -1.69. The minimum absolute atomic E-state index is 0.320. The van der Waals surface area contributed by atoms with Crippen molar-refractivity contribution in [2.45, 2.75) is 12.2 Å². The minimum atomic E-state index is -4.57. The van der Waals surface area contributed by atoms with E-state index in [1.807, 2.05) is 0 Å². The van der Waals surface area contributed by atoms with E-state index < -0.39 is 18.0 Å². The maximum absolute atomic E-state index is 12.4. The number of fused-ring (bicyclic) bond motifs is 1. The van der Waals surface area contributed by atoms with E-state index in [1.165, 1.54) is 24.4 Å². The maximum atomic E-state index is 12.4. The second-order valence-corrected chi connectivity index (χ2v) is 3.46.